The lowest BCUT2D eigenvalue weighted by Crippen LogP contribution is -2.32. The molecule has 1 unspecified atom stereocenters. The molecule has 1 aromatic carbocycles. The number of ether oxygens (including phenoxy) is 1. The zero-order chi connectivity index (χ0) is 17.6. The Bertz CT molecular complexity index is 1040. The maximum Gasteiger partial charge on any atom is 0.262 e. The average Bonchev–Trinajstić information content (AvgIpc) is 2.96. The number of para-hydroxylation sites is 1. The molecule has 0 radical (unpaired) electrons. The fourth-order valence-corrected chi connectivity index (χ4v) is 4.18. The molecule has 1 aliphatic rings. The van der Waals surface area contributed by atoms with Crippen LogP contribution in [0, 0.1) is 6.92 Å². The third-order valence-corrected chi connectivity index (χ3v) is 5.68. The van der Waals surface area contributed by atoms with Crippen molar-refractivity contribution in [2.45, 2.75) is 19.4 Å². The van der Waals surface area contributed by atoms with Gasteiger partial charge in [0.15, 0.2) is 0 Å². The van der Waals surface area contributed by atoms with Crippen LogP contribution in [0.2, 0.25) is 0 Å². The van der Waals surface area contributed by atoms with Gasteiger partial charge in [0.25, 0.3) is 11.5 Å². The lowest BCUT2D eigenvalue weighted by molar-refractivity contribution is 0.0928. The van der Waals surface area contributed by atoms with Gasteiger partial charge in [0.05, 0.1) is 29.2 Å². The van der Waals surface area contributed by atoms with E-state index in [1.54, 1.807) is 14.0 Å². The molecule has 1 amide bonds. The van der Waals surface area contributed by atoms with Gasteiger partial charge < -0.3 is 14.6 Å². The molecular weight excluding hydrogens is 338 g/mol. The van der Waals surface area contributed by atoms with Gasteiger partial charge in [0.2, 0.25) is 0 Å². The second-order valence-corrected chi connectivity index (χ2v) is 7.10. The van der Waals surface area contributed by atoms with Crippen molar-refractivity contribution in [3.05, 3.63) is 57.0 Å². The maximum atomic E-state index is 12.8. The number of aromatic nitrogens is 2. The lowest BCUT2D eigenvalue weighted by Gasteiger charge is -2.26. The van der Waals surface area contributed by atoms with Crippen LogP contribution >= 0.6 is 11.3 Å². The van der Waals surface area contributed by atoms with Crippen LogP contribution < -0.4 is 15.6 Å². The number of nitrogens with zero attached hydrogens (tertiary/aromatic N) is 2. The summed E-state index contributed by atoms with van der Waals surface area (Å²) in [5.74, 6) is 0.631. The summed E-state index contributed by atoms with van der Waals surface area (Å²) in [4.78, 5) is 30.6. The van der Waals surface area contributed by atoms with Crippen molar-refractivity contribution >= 4 is 27.5 Å². The first-order valence-electron chi connectivity index (χ1n) is 8.03. The zero-order valence-corrected chi connectivity index (χ0v) is 14.7. The number of hydrogen-bond donors (Lipinski definition) is 1. The van der Waals surface area contributed by atoms with E-state index in [2.05, 4.69) is 10.3 Å². The van der Waals surface area contributed by atoms with E-state index in [0.29, 0.717) is 33.7 Å². The molecule has 25 heavy (non-hydrogen) atoms. The summed E-state index contributed by atoms with van der Waals surface area (Å²) >= 11 is 1.26. The Morgan fingerprint density at radius 3 is 3.04 bits per heavy atom. The predicted octanol–water partition coefficient (Wildman–Crippen LogP) is 2.56. The topological polar surface area (TPSA) is 73.2 Å². The minimum atomic E-state index is -0.177. The van der Waals surface area contributed by atoms with E-state index < -0.39 is 0 Å². The van der Waals surface area contributed by atoms with Crippen LogP contribution in [-0.4, -0.2) is 22.1 Å². The number of carbonyl (C=O) groups is 1. The molecule has 3 aromatic rings. The first-order valence-corrected chi connectivity index (χ1v) is 8.85. The summed E-state index contributed by atoms with van der Waals surface area (Å²) in [6.07, 6.45) is 2.20. The number of carbonyl (C=O) groups excluding carboxylic acids is 1. The van der Waals surface area contributed by atoms with Gasteiger partial charge in [-0.25, -0.2) is 4.98 Å². The van der Waals surface area contributed by atoms with Gasteiger partial charge in [-0.3, -0.25) is 9.59 Å². The highest BCUT2D eigenvalue weighted by atomic mass is 32.1. The molecule has 1 atom stereocenters. The quantitative estimate of drug-likeness (QED) is 0.767. The number of aryl methyl sites for hydroxylation is 2. The van der Waals surface area contributed by atoms with Crippen LogP contribution in [0.1, 0.15) is 33.3 Å². The fraction of sp³-hybridized carbons (Fsp3) is 0.278. The van der Waals surface area contributed by atoms with Crippen molar-refractivity contribution in [2.75, 3.05) is 6.61 Å². The second-order valence-electron chi connectivity index (χ2n) is 6.10. The average molecular weight is 355 g/mol. The first kappa shape index (κ1) is 15.8. The van der Waals surface area contributed by atoms with E-state index in [1.807, 2.05) is 24.3 Å². The van der Waals surface area contributed by atoms with Crippen LogP contribution in [0.25, 0.3) is 10.2 Å². The minimum absolute atomic E-state index is 0.0992. The summed E-state index contributed by atoms with van der Waals surface area (Å²) in [6, 6.07) is 7.63. The van der Waals surface area contributed by atoms with Crippen LogP contribution in [0.15, 0.2) is 35.4 Å². The number of fused-ring (bicyclic) bond motifs is 2. The largest absolute Gasteiger partial charge is 0.493 e. The molecule has 0 spiro atoms. The van der Waals surface area contributed by atoms with Gasteiger partial charge in [-0.15, -0.1) is 11.3 Å². The van der Waals surface area contributed by atoms with Gasteiger partial charge in [-0.1, -0.05) is 18.2 Å². The number of nitrogens with one attached hydrogen (secondary N) is 1. The number of amides is 1. The number of thiophene rings is 1. The highest BCUT2D eigenvalue weighted by Gasteiger charge is 2.25. The smallest absolute Gasteiger partial charge is 0.262 e. The highest BCUT2D eigenvalue weighted by molar-refractivity contribution is 7.20. The van der Waals surface area contributed by atoms with Crippen molar-refractivity contribution in [1.29, 1.82) is 0 Å². The number of hydrogen-bond acceptors (Lipinski definition) is 5. The number of rotatable bonds is 2. The Kier molecular flexibility index (Phi) is 3.80. The standard InChI is InChI=1S/C18H17N3O3S/c1-10-14-17(19-9-21(2)18(14)23)25-15(10)16(22)20-12-7-8-24-13-6-4-3-5-11(12)13/h3-6,9,12H,7-8H2,1-2H3,(H,20,22). The van der Waals surface area contributed by atoms with Crippen LogP contribution in [0.4, 0.5) is 0 Å². The molecule has 6 nitrogen and oxygen atoms in total. The van der Waals surface area contributed by atoms with Crippen LogP contribution in [-0.2, 0) is 7.05 Å². The van der Waals surface area contributed by atoms with Crippen molar-refractivity contribution < 1.29 is 9.53 Å². The molecule has 0 saturated carbocycles. The molecule has 0 saturated heterocycles. The molecule has 2 aromatic heterocycles. The molecule has 0 fully saturated rings. The molecule has 0 bridgehead atoms. The van der Waals surface area contributed by atoms with Gasteiger partial charge >= 0.3 is 0 Å². The summed E-state index contributed by atoms with van der Waals surface area (Å²) < 4.78 is 7.07. The van der Waals surface area contributed by atoms with E-state index in [9.17, 15) is 9.59 Å². The summed E-state index contributed by atoms with van der Waals surface area (Å²) in [5.41, 5.74) is 1.54. The van der Waals surface area contributed by atoms with Gasteiger partial charge in [-0.05, 0) is 18.6 Å². The van der Waals surface area contributed by atoms with Crippen LogP contribution in [0.5, 0.6) is 5.75 Å². The molecule has 128 valence electrons. The van der Waals surface area contributed by atoms with Gasteiger partial charge in [0.1, 0.15) is 10.6 Å². The summed E-state index contributed by atoms with van der Waals surface area (Å²) in [5, 5.41) is 3.60. The SMILES string of the molecule is Cc1c(C(=O)NC2CCOc3ccccc32)sc2ncn(C)c(=O)c12. The van der Waals surface area contributed by atoms with Gasteiger partial charge in [0, 0.05) is 19.0 Å². The normalized spacial score (nSPS) is 16.3. The Hall–Kier alpha value is -2.67. The fourth-order valence-electron chi connectivity index (χ4n) is 3.14. The molecule has 1 N–H and O–H groups in total. The molecule has 3 heterocycles. The zero-order valence-electron chi connectivity index (χ0n) is 13.9. The molecule has 4 rings (SSSR count). The summed E-state index contributed by atoms with van der Waals surface area (Å²) in [7, 11) is 1.66. The summed E-state index contributed by atoms with van der Waals surface area (Å²) in [6.45, 7) is 2.37. The molecule has 7 heteroatoms. The van der Waals surface area contributed by atoms with Crippen molar-refractivity contribution in [1.82, 2.24) is 14.9 Å². The third-order valence-electron chi connectivity index (χ3n) is 4.48. The Labute approximate surface area is 148 Å². The van der Waals surface area contributed by atoms with E-state index in [-0.39, 0.29) is 17.5 Å². The Morgan fingerprint density at radius 1 is 1.40 bits per heavy atom. The minimum Gasteiger partial charge on any atom is -0.493 e. The monoisotopic (exact) mass is 355 g/mol. The Morgan fingerprint density at radius 2 is 2.20 bits per heavy atom. The van der Waals surface area contributed by atoms with Gasteiger partial charge in [-0.2, -0.15) is 0 Å². The van der Waals surface area contributed by atoms with Crippen molar-refractivity contribution in [3.8, 4) is 5.75 Å². The number of benzene rings is 1. The van der Waals surface area contributed by atoms with E-state index in [4.69, 9.17) is 4.74 Å². The first-order chi connectivity index (χ1) is 12.1. The lowest BCUT2D eigenvalue weighted by atomic mass is 10.0. The van der Waals surface area contributed by atoms with Crippen LogP contribution in [0.3, 0.4) is 0 Å². The third kappa shape index (κ3) is 2.60. The predicted molar refractivity (Wildman–Crippen MR) is 96.4 cm³/mol. The van der Waals surface area contributed by atoms with Crippen molar-refractivity contribution in [2.24, 2.45) is 7.05 Å². The second kappa shape index (κ2) is 6.00. The van der Waals surface area contributed by atoms with E-state index in [0.717, 1.165) is 11.3 Å². The highest BCUT2D eigenvalue weighted by Crippen LogP contribution is 2.33. The Balaban J connectivity index is 1.69. The molecule has 0 aliphatic carbocycles. The van der Waals surface area contributed by atoms with E-state index >= 15 is 0 Å². The maximum absolute atomic E-state index is 12.8. The van der Waals surface area contributed by atoms with Crippen molar-refractivity contribution in [3.63, 3.8) is 0 Å². The molecule has 1 aliphatic heterocycles. The van der Waals surface area contributed by atoms with E-state index in [1.165, 1.54) is 22.2 Å². The molecular formula is C18H17N3O3S.